The zero-order valence-corrected chi connectivity index (χ0v) is 14.2. The third kappa shape index (κ3) is 5.91. The van der Waals surface area contributed by atoms with E-state index in [-0.39, 0.29) is 5.82 Å². The summed E-state index contributed by atoms with van der Waals surface area (Å²) in [6.45, 7) is 6.44. The average molecular weight is 329 g/mol. The first-order valence-corrected chi connectivity index (χ1v) is 8.19. The highest BCUT2D eigenvalue weighted by molar-refractivity contribution is 5.79. The van der Waals surface area contributed by atoms with E-state index in [2.05, 4.69) is 15.6 Å². The summed E-state index contributed by atoms with van der Waals surface area (Å²) in [6.07, 6.45) is 0. The number of nitrogens with zero attached hydrogens (tertiary/aromatic N) is 1. The van der Waals surface area contributed by atoms with E-state index < -0.39 is 0 Å². The number of benzene rings is 2. The van der Waals surface area contributed by atoms with E-state index >= 15 is 0 Å². The lowest BCUT2D eigenvalue weighted by Gasteiger charge is -2.12. The number of hydrogen-bond acceptors (Lipinski definition) is 2. The SMILES string of the molecule is CCNC(=NCc1cccc(F)c1)NCc1cccc(OCC)c1. The second-order valence-corrected chi connectivity index (χ2v) is 5.26. The molecule has 0 aliphatic heterocycles. The molecule has 0 unspecified atom stereocenters. The summed E-state index contributed by atoms with van der Waals surface area (Å²) in [5, 5.41) is 6.47. The molecule has 24 heavy (non-hydrogen) atoms. The fourth-order valence-electron chi connectivity index (χ4n) is 2.25. The highest BCUT2D eigenvalue weighted by atomic mass is 19.1. The molecule has 0 aliphatic rings. The molecule has 128 valence electrons. The van der Waals surface area contributed by atoms with E-state index in [1.54, 1.807) is 6.07 Å². The average Bonchev–Trinajstić information content (AvgIpc) is 2.58. The van der Waals surface area contributed by atoms with Crippen molar-refractivity contribution in [2.45, 2.75) is 26.9 Å². The second-order valence-electron chi connectivity index (χ2n) is 5.26. The molecule has 0 aromatic heterocycles. The summed E-state index contributed by atoms with van der Waals surface area (Å²) < 4.78 is 18.7. The molecule has 2 N–H and O–H groups in total. The fourth-order valence-corrected chi connectivity index (χ4v) is 2.25. The van der Waals surface area contributed by atoms with E-state index in [1.807, 2.05) is 44.2 Å². The summed E-state index contributed by atoms with van der Waals surface area (Å²) in [7, 11) is 0. The van der Waals surface area contributed by atoms with Gasteiger partial charge in [0.05, 0.1) is 13.2 Å². The molecule has 0 aliphatic carbocycles. The van der Waals surface area contributed by atoms with Gasteiger partial charge < -0.3 is 15.4 Å². The third-order valence-corrected chi connectivity index (χ3v) is 3.32. The maximum atomic E-state index is 13.2. The van der Waals surface area contributed by atoms with Crippen molar-refractivity contribution in [3.8, 4) is 5.75 Å². The monoisotopic (exact) mass is 329 g/mol. The zero-order valence-electron chi connectivity index (χ0n) is 14.2. The lowest BCUT2D eigenvalue weighted by Crippen LogP contribution is -2.36. The number of halogens is 1. The van der Waals surface area contributed by atoms with Crippen molar-refractivity contribution in [1.29, 1.82) is 0 Å². The summed E-state index contributed by atoms with van der Waals surface area (Å²) in [6, 6.07) is 14.4. The van der Waals surface area contributed by atoms with Gasteiger partial charge in [0.2, 0.25) is 0 Å². The molecule has 0 spiro atoms. The van der Waals surface area contributed by atoms with E-state index in [1.165, 1.54) is 12.1 Å². The first kappa shape index (κ1) is 17.8. The Balaban J connectivity index is 1.97. The van der Waals surface area contributed by atoms with Crippen LogP contribution in [0.25, 0.3) is 0 Å². The van der Waals surface area contributed by atoms with Gasteiger partial charge in [-0.05, 0) is 49.2 Å². The quantitative estimate of drug-likeness (QED) is 0.604. The zero-order chi connectivity index (χ0) is 17.2. The van der Waals surface area contributed by atoms with Crippen molar-refractivity contribution < 1.29 is 9.13 Å². The number of rotatable bonds is 7. The van der Waals surface area contributed by atoms with E-state index in [9.17, 15) is 4.39 Å². The van der Waals surface area contributed by atoms with Crippen LogP contribution in [-0.2, 0) is 13.1 Å². The standard InChI is InChI=1S/C19H24FN3O/c1-3-21-19(22-13-15-7-5-9-17(20)11-15)23-14-16-8-6-10-18(12-16)24-4-2/h5-12H,3-4,13-14H2,1-2H3,(H2,21,22,23). The van der Waals surface area contributed by atoms with Crippen LogP contribution in [0.2, 0.25) is 0 Å². The molecular formula is C19H24FN3O. The van der Waals surface area contributed by atoms with Gasteiger partial charge in [0.25, 0.3) is 0 Å². The van der Waals surface area contributed by atoms with Crippen LogP contribution in [0.5, 0.6) is 5.75 Å². The Labute approximate surface area is 142 Å². The fraction of sp³-hybridized carbons (Fsp3) is 0.316. The Hall–Kier alpha value is -2.56. The lowest BCUT2D eigenvalue weighted by molar-refractivity contribution is 0.340. The van der Waals surface area contributed by atoms with Crippen LogP contribution in [0.15, 0.2) is 53.5 Å². The Bertz CT molecular complexity index is 673. The second kappa shape index (κ2) is 9.55. The van der Waals surface area contributed by atoms with Crippen LogP contribution < -0.4 is 15.4 Å². The van der Waals surface area contributed by atoms with E-state index in [0.29, 0.717) is 25.7 Å². The number of nitrogens with one attached hydrogen (secondary N) is 2. The smallest absolute Gasteiger partial charge is 0.191 e. The first-order chi connectivity index (χ1) is 11.7. The summed E-state index contributed by atoms with van der Waals surface area (Å²) in [5.41, 5.74) is 1.95. The van der Waals surface area contributed by atoms with E-state index in [4.69, 9.17) is 4.74 Å². The molecule has 0 saturated heterocycles. The highest BCUT2D eigenvalue weighted by Crippen LogP contribution is 2.13. The van der Waals surface area contributed by atoms with Crippen molar-refractivity contribution in [3.05, 3.63) is 65.5 Å². The predicted molar refractivity (Wildman–Crippen MR) is 95.7 cm³/mol. The summed E-state index contributed by atoms with van der Waals surface area (Å²) in [4.78, 5) is 4.50. The minimum absolute atomic E-state index is 0.242. The van der Waals surface area contributed by atoms with Crippen LogP contribution in [-0.4, -0.2) is 19.1 Å². The molecule has 5 heteroatoms. The maximum absolute atomic E-state index is 13.2. The Morgan fingerprint density at radius 2 is 1.83 bits per heavy atom. The molecule has 0 saturated carbocycles. The van der Waals surface area contributed by atoms with Crippen molar-refractivity contribution in [3.63, 3.8) is 0 Å². The highest BCUT2D eigenvalue weighted by Gasteiger charge is 2.01. The van der Waals surface area contributed by atoms with Gasteiger partial charge in [-0.2, -0.15) is 0 Å². The number of guanidine groups is 1. The largest absolute Gasteiger partial charge is 0.494 e. The molecule has 0 amide bonds. The molecule has 2 rings (SSSR count). The maximum Gasteiger partial charge on any atom is 0.191 e. The van der Waals surface area contributed by atoms with Gasteiger partial charge in [0, 0.05) is 13.1 Å². The molecule has 0 heterocycles. The normalized spacial score (nSPS) is 11.2. The van der Waals surface area contributed by atoms with E-state index in [0.717, 1.165) is 23.4 Å². The predicted octanol–water partition coefficient (Wildman–Crippen LogP) is 3.48. The van der Waals surface area contributed by atoms with Crippen LogP contribution in [0.1, 0.15) is 25.0 Å². The number of hydrogen-bond donors (Lipinski definition) is 2. The molecule has 0 bridgehead atoms. The third-order valence-electron chi connectivity index (χ3n) is 3.32. The van der Waals surface area contributed by atoms with Gasteiger partial charge in [0.1, 0.15) is 11.6 Å². The van der Waals surface area contributed by atoms with Gasteiger partial charge in [-0.25, -0.2) is 9.38 Å². The molecule has 0 fully saturated rings. The van der Waals surface area contributed by atoms with Gasteiger partial charge >= 0.3 is 0 Å². The van der Waals surface area contributed by atoms with Crippen LogP contribution >= 0.6 is 0 Å². The molecule has 2 aromatic rings. The molecule has 0 atom stereocenters. The van der Waals surface area contributed by atoms with Gasteiger partial charge in [-0.1, -0.05) is 24.3 Å². The topological polar surface area (TPSA) is 45.7 Å². The molecule has 4 nitrogen and oxygen atoms in total. The number of ether oxygens (including phenoxy) is 1. The van der Waals surface area contributed by atoms with Crippen molar-refractivity contribution >= 4 is 5.96 Å². The Morgan fingerprint density at radius 3 is 2.58 bits per heavy atom. The van der Waals surface area contributed by atoms with Crippen LogP contribution in [0.4, 0.5) is 4.39 Å². The van der Waals surface area contributed by atoms with Gasteiger partial charge in [-0.3, -0.25) is 0 Å². The minimum Gasteiger partial charge on any atom is -0.494 e. The molecule has 0 radical (unpaired) electrons. The van der Waals surface area contributed by atoms with Crippen molar-refractivity contribution in [2.24, 2.45) is 4.99 Å². The minimum atomic E-state index is -0.242. The Kier molecular flexibility index (Phi) is 7.08. The summed E-state index contributed by atoms with van der Waals surface area (Å²) >= 11 is 0. The first-order valence-electron chi connectivity index (χ1n) is 8.19. The van der Waals surface area contributed by atoms with Crippen molar-refractivity contribution in [2.75, 3.05) is 13.2 Å². The number of aliphatic imine (C=N–C) groups is 1. The van der Waals surface area contributed by atoms with Gasteiger partial charge in [0.15, 0.2) is 5.96 Å². The van der Waals surface area contributed by atoms with Crippen LogP contribution in [0.3, 0.4) is 0 Å². The lowest BCUT2D eigenvalue weighted by atomic mass is 10.2. The van der Waals surface area contributed by atoms with Crippen LogP contribution in [0, 0.1) is 5.82 Å². The van der Waals surface area contributed by atoms with Crippen molar-refractivity contribution in [1.82, 2.24) is 10.6 Å². The molecular weight excluding hydrogens is 305 g/mol. The Morgan fingerprint density at radius 1 is 1.04 bits per heavy atom. The molecule has 2 aromatic carbocycles. The van der Waals surface area contributed by atoms with Gasteiger partial charge in [-0.15, -0.1) is 0 Å². The summed E-state index contributed by atoms with van der Waals surface area (Å²) in [5.74, 6) is 1.32.